The summed E-state index contributed by atoms with van der Waals surface area (Å²) in [6.07, 6.45) is 0.906. The molecule has 90 valence electrons. The number of rotatable bonds is 3. The van der Waals surface area contributed by atoms with Crippen LogP contribution in [0.2, 0.25) is 0 Å². The van der Waals surface area contributed by atoms with Crippen molar-refractivity contribution in [1.82, 2.24) is 15.0 Å². The molecule has 0 radical (unpaired) electrons. The first-order chi connectivity index (χ1) is 8.04. The number of aryl methyl sites for hydroxylation is 1. The minimum atomic E-state index is 0.510. The predicted molar refractivity (Wildman–Crippen MR) is 70.8 cm³/mol. The van der Waals surface area contributed by atoms with Crippen molar-refractivity contribution in [3.63, 3.8) is 0 Å². The molecule has 0 aliphatic rings. The van der Waals surface area contributed by atoms with E-state index in [1.807, 2.05) is 18.4 Å². The van der Waals surface area contributed by atoms with Crippen LogP contribution in [0.5, 0.6) is 0 Å². The quantitative estimate of drug-likeness (QED) is 0.907. The Morgan fingerprint density at radius 2 is 2.06 bits per heavy atom. The lowest BCUT2D eigenvalue weighted by Gasteiger charge is -2.06. The monoisotopic (exact) mass is 248 g/mol. The first-order valence-electron chi connectivity index (χ1n) is 5.60. The second-order valence-electron chi connectivity index (χ2n) is 4.46. The van der Waals surface area contributed by atoms with Gasteiger partial charge in [-0.25, -0.2) is 15.0 Å². The maximum atomic E-state index is 5.80. The van der Waals surface area contributed by atoms with E-state index in [0.717, 1.165) is 22.8 Å². The van der Waals surface area contributed by atoms with E-state index >= 15 is 0 Å². The van der Waals surface area contributed by atoms with Crippen molar-refractivity contribution in [3.8, 4) is 11.5 Å². The van der Waals surface area contributed by atoms with E-state index < -0.39 is 0 Å². The second-order valence-corrected chi connectivity index (χ2v) is 5.52. The summed E-state index contributed by atoms with van der Waals surface area (Å²) in [6, 6.07) is 1.84. The fourth-order valence-electron chi connectivity index (χ4n) is 1.62. The van der Waals surface area contributed by atoms with Gasteiger partial charge < -0.3 is 5.73 Å². The zero-order valence-electron chi connectivity index (χ0n) is 10.3. The topological polar surface area (TPSA) is 64.7 Å². The maximum absolute atomic E-state index is 5.80. The molecule has 0 amide bonds. The summed E-state index contributed by atoms with van der Waals surface area (Å²) < 4.78 is 0. The number of nitrogens with zero attached hydrogens (tertiary/aromatic N) is 3. The standard InChI is InChI=1S/C12H16N4S/c1-7(2)4-9-5-11(13)16-12(15-9)10-6-17-8(3)14-10/h5-7H,4H2,1-3H3,(H2,13,15,16). The molecule has 2 heterocycles. The summed E-state index contributed by atoms with van der Waals surface area (Å²) in [5, 5.41) is 2.97. The molecular weight excluding hydrogens is 232 g/mol. The van der Waals surface area contributed by atoms with Gasteiger partial charge >= 0.3 is 0 Å². The smallest absolute Gasteiger partial charge is 0.181 e. The van der Waals surface area contributed by atoms with Gasteiger partial charge in [-0.3, -0.25) is 0 Å². The van der Waals surface area contributed by atoms with Crippen LogP contribution in [0.25, 0.3) is 11.5 Å². The number of nitrogens with two attached hydrogens (primary N) is 1. The third-order valence-electron chi connectivity index (χ3n) is 2.26. The Morgan fingerprint density at radius 1 is 1.29 bits per heavy atom. The van der Waals surface area contributed by atoms with Crippen molar-refractivity contribution in [2.75, 3.05) is 5.73 Å². The van der Waals surface area contributed by atoms with Crippen molar-refractivity contribution < 1.29 is 0 Å². The first-order valence-corrected chi connectivity index (χ1v) is 6.48. The van der Waals surface area contributed by atoms with Gasteiger partial charge in [0.25, 0.3) is 0 Å². The third-order valence-corrected chi connectivity index (χ3v) is 3.04. The lowest BCUT2D eigenvalue weighted by atomic mass is 10.1. The van der Waals surface area contributed by atoms with E-state index in [-0.39, 0.29) is 0 Å². The molecular formula is C12H16N4S. The average Bonchev–Trinajstić information content (AvgIpc) is 2.62. The lowest BCUT2D eigenvalue weighted by molar-refractivity contribution is 0.635. The lowest BCUT2D eigenvalue weighted by Crippen LogP contribution is -2.03. The van der Waals surface area contributed by atoms with E-state index in [4.69, 9.17) is 5.73 Å². The molecule has 4 nitrogen and oxygen atoms in total. The summed E-state index contributed by atoms with van der Waals surface area (Å²) in [7, 11) is 0. The van der Waals surface area contributed by atoms with Crippen molar-refractivity contribution >= 4 is 17.2 Å². The largest absolute Gasteiger partial charge is 0.384 e. The molecule has 0 aliphatic carbocycles. The highest BCUT2D eigenvalue weighted by atomic mass is 32.1. The van der Waals surface area contributed by atoms with E-state index in [1.54, 1.807) is 11.3 Å². The van der Waals surface area contributed by atoms with Crippen LogP contribution in [0, 0.1) is 12.8 Å². The Balaban J connectivity index is 2.37. The van der Waals surface area contributed by atoms with E-state index in [1.165, 1.54) is 0 Å². The normalized spacial score (nSPS) is 11.1. The van der Waals surface area contributed by atoms with Crippen molar-refractivity contribution in [1.29, 1.82) is 0 Å². The van der Waals surface area contributed by atoms with Crippen molar-refractivity contribution in [2.45, 2.75) is 27.2 Å². The number of hydrogen-bond acceptors (Lipinski definition) is 5. The highest BCUT2D eigenvalue weighted by Gasteiger charge is 2.09. The predicted octanol–water partition coefficient (Wildman–Crippen LogP) is 2.69. The van der Waals surface area contributed by atoms with E-state index in [2.05, 4.69) is 28.8 Å². The van der Waals surface area contributed by atoms with Gasteiger partial charge in [-0.15, -0.1) is 11.3 Å². The van der Waals surface area contributed by atoms with Crippen molar-refractivity contribution in [2.24, 2.45) is 5.92 Å². The molecule has 0 aliphatic heterocycles. The first kappa shape index (κ1) is 12.0. The Kier molecular flexibility index (Phi) is 3.38. The molecule has 2 aromatic heterocycles. The fraction of sp³-hybridized carbons (Fsp3) is 0.417. The Hall–Kier alpha value is -1.49. The van der Waals surface area contributed by atoms with E-state index in [9.17, 15) is 0 Å². The Morgan fingerprint density at radius 3 is 2.65 bits per heavy atom. The number of anilines is 1. The average molecular weight is 248 g/mol. The second kappa shape index (κ2) is 4.79. The molecule has 0 bridgehead atoms. The summed E-state index contributed by atoms with van der Waals surface area (Å²) >= 11 is 1.59. The molecule has 0 unspecified atom stereocenters. The highest BCUT2D eigenvalue weighted by molar-refractivity contribution is 7.09. The van der Waals surface area contributed by atoms with Crippen LogP contribution >= 0.6 is 11.3 Å². The molecule has 0 atom stereocenters. The van der Waals surface area contributed by atoms with Crippen LogP contribution in [0.15, 0.2) is 11.4 Å². The van der Waals surface area contributed by atoms with Gasteiger partial charge in [-0.2, -0.15) is 0 Å². The van der Waals surface area contributed by atoms with Gasteiger partial charge in [0.1, 0.15) is 11.5 Å². The number of aromatic nitrogens is 3. The molecule has 5 heteroatoms. The molecule has 17 heavy (non-hydrogen) atoms. The number of hydrogen-bond donors (Lipinski definition) is 1. The van der Waals surface area contributed by atoms with Crippen LogP contribution in [-0.4, -0.2) is 15.0 Å². The van der Waals surface area contributed by atoms with Crippen LogP contribution in [0.3, 0.4) is 0 Å². The van der Waals surface area contributed by atoms with E-state index in [0.29, 0.717) is 17.6 Å². The van der Waals surface area contributed by atoms with Gasteiger partial charge in [0, 0.05) is 17.1 Å². The maximum Gasteiger partial charge on any atom is 0.181 e. The zero-order chi connectivity index (χ0) is 12.4. The van der Waals surface area contributed by atoms with Gasteiger partial charge in [-0.05, 0) is 19.3 Å². The summed E-state index contributed by atoms with van der Waals surface area (Å²) in [5.41, 5.74) is 7.59. The summed E-state index contributed by atoms with van der Waals surface area (Å²) in [6.45, 7) is 6.28. The van der Waals surface area contributed by atoms with Gasteiger partial charge in [0.05, 0.1) is 5.01 Å². The molecule has 0 saturated carbocycles. The van der Waals surface area contributed by atoms with Gasteiger partial charge in [-0.1, -0.05) is 13.8 Å². The van der Waals surface area contributed by atoms with Crippen LogP contribution in [0.4, 0.5) is 5.82 Å². The molecule has 0 saturated heterocycles. The van der Waals surface area contributed by atoms with Crippen LogP contribution in [-0.2, 0) is 6.42 Å². The van der Waals surface area contributed by atoms with Gasteiger partial charge in [0.2, 0.25) is 0 Å². The summed E-state index contributed by atoms with van der Waals surface area (Å²) in [4.78, 5) is 13.1. The third kappa shape index (κ3) is 3.00. The zero-order valence-corrected chi connectivity index (χ0v) is 11.1. The molecule has 0 spiro atoms. The fourth-order valence-corrected chi connectivity index (χ4v) is 2.21. The molecule has 2 aromatic rings. The molecule has 0 aromatic carbocycles. The minimum absolute atomic E-state index is 0.510. The van der Waals surface area contributed by atoms with Crippen LogP contribution in [0.1, 0.15) is 24.5 Å². The van der Waals surface area contributed by atoms with Gasteiger partial charge in [0.15, 0.2) is 5.82 Å². The molecule has 2 N–H and O–H groups in total. The number of thiazole rings is 1. The minimum Gasteiger partial charge on any atom is -0.384 e. The molecule has 0 fully saturated rings. The SMILES string of the molecule is Cc1nc(-c2nc(N)cc(CC(C)C)n2)cs1. The Bertz CT molecular complexity index is 519. The highest BCUT2D eigenvalue weighted by Crippen LogP contribution is 2.20. The Labute approximate surface area is 105 Å². The number of nitrogen functional groups attached to an aromatic ring is 1. The molecule has 2 rings (SSSR count). The van der Waals surface area contributed by atoms with Crippen molar-refractivity contribution in [3.05, 3.63) is 22.1 Å². The summed E-state index contributed by atoms with van der Waals surface area (Å²) in [5.74, 6) is 1.69. The van der Waals surface area contributed by atoms with Crippen LogP contribution < -0.4 is 5.73 Å².